The average molecular weight is 472 g/mol. The Balaban J connectivity index is 1.62. The molecule has 2 fully saturated rings. The van der Waals surface area contributed by atoms with Gasteiger partial charge in [-0.15, -0.1) is 0 Å². The lowest BCUT2D eigenvalue weighted by atomic mass is 9.80. The highest BCUT2D eigenvalue weighted by molar-refractivity contribution is 5.85. The van der Waals surface area contributed by atoms with Crippen LogP contribution in [0, 0.1) is 17.8 Å². The third-order valence-electron chi connectivity index (χ3n) is 7.55. The van der Waals surface area contributed by atoms with E-state index in [1.165, 1.54) is 32.1 Å². The number of imidazole rings is 1. The van der Waals surface area contributed by atoms with Gasteiger partial charge in [-0.25, -0.2) is 19.7 Å². The Labute approximate surface area is 197 Å². The van der Waals surface area contributed by atoms with E-state index in [-0.39, 0.29) is 17.7 Å². The molecule has 2 saturated carbocycles. The standard InChI is InChI=1S/C23H33N7O4/c1-12-6-8-14(9-7-12)10-30-17-18(24-13(2)15-4-3-5-15)25-20(21-28-23(33)34-29-21)26-19(17)27-22(30)16(32)11-31/h12-16,31-32H,3-11H2,1-2H3,(H,24,25,26)(H,28,29,33)/t12?,13-,14?,16?/m1/s1. The zero-order chi connectivity index (χ0) is 23.8. The van der Waals surface area contributed by atoms with Gasteiger partial charge in [0.15, 0.2) is 11.5 Å². The number of hydrogen-bond donors (Lipinski definition) is 4. The topological polar surface area (TPSA) is 155 Å². The Kier molecular flexibility index (Phi) is 6.39. The quantitative estimate of drug-likeness (QED) is 0.388. The maximum Gasteiger partial charge on any atom is 0.439 e. The number of anilines is 1. The second-order valence-corrected chi connectivity index (χ2v) is 10.0. The van der Waals surface area contributed by atoms with Gasteiger partial charge in [-0.1, -0.05) is 31.3 Å². The smallest absolute Gasteiger partial charge is 0.393 e. The molecule has 34 heavy (non-hydrogen) atoms. The molecule has 0 radical (unpaired) electrons. The number of rotatable bonds is 8. The Morgan fingerprint density at radius 1 is 1.18 bits per heavy atom. The van der Waals surface area contributed by atoms with Crippen LogP contribution in [-0.2, 0) is 6.54 Å². The first-order chi connectivity index (χ1) is 16.4. The maximum absolute atomic E-state index is 11.5. The van der Waals surface area contributed by atoms with E-state index in [1.807, 2.05) is 4.57 Å². The van der Waals surface area contributed by atoms with Crippen LogP contribution in [0.3, 0.4) is 0 Å². The summed E-state index contributed by atoms with van der Waals surface area (Å²) in [6.45, 7) is 4.66. The SMILES string of the molecule is CC1CCC(Cn2c(C(O)CO)nc3nc(-c4noc(=O)[nH]4)nc(N[C@H](C)C4CCC4)c32)CC1. The number of aromatic nitrogens is 6. The minimum atomic E-state index is -1.14. The van der Waals surface area contributed by atoms with Crippen LogP contribution in [0.5, 0.6) is 0 Å². The van der Waals surface area contributed by atoms with Gasteiger partial charge in [-0.05, 0) is 50.4 Å². The van der Waals surface area contributed by atoms with Crippen molar-refractivity contribution in [2.75, 3.05) is 11.9 Å². The fraction of sp³-hybridized carbons (Fsp3) is 0.696. The maximum atomic E-state index is 11.5. The average Bonchev–Trinajstić information content (AvgIpc) is 3.37. The van der Waals surface area contributed by atoms with Gasteiger partial charge in [0.25, 0.3) is 0 Å². The lowest BCUT2D eigenvalue weighted by molar-refractivity contribution is 0.0846. The molecule has 0 spiro atoms. The third kappa shape index (κ3) is 4.46. The largest absolute Gasteiger partial charge is 0.439 e. The number of aromatic amines is 1. The van der Waals surface area contributed by atoms with Crippen molar-refractivity contribution in [1.29, 1.82) is 0 Å². The van der Waals surface area contributed by atoms with Crippen molar-refractivity contribution in [2.45, 2.75) is 77.5 Å². The van der Waals surface area contributed by atoms with E-state index in [0.717, 1.165) is 18.8 Å². The van der Waals surface area contributed by atoms with Crippen LogP contribution in [-0.4, -0.2) is 52.5 Å². The van der Waals surface area contributed by atoms with Crippen molar-refractivity contribution >= 4 is 17.0 Å². The van der Waals surface area contributed by atoms with Gasteiger partial charge in [0.1, 0.15) is 17.4 Å². The second kappa shape index (κ2) is 9.46. The zero-order valence-electron chi connectivity index (χ0n) is 19.7. The van der Waals surface area contributed by atoms with Crippen molar-refractivity contribution in [3.8, 4) is 11.6 Å². The predicted molar refractivity (Wildman–Crippen MR) is 125 cm³/mol. The molecule has 0 saturated heterocycles. The summed E-state index contributed by atoms with van der Waals surface area (Å²) in [5, 5.41) is 27.6. The van der Waals surface area contributed by atoms with Crippen molar-refractivity contribution in [2.24, 2.45) is 17.8 Å². The Morgan fingerprint density at radius 2 is 1.94 bits per heavy atom. The van der Waals surface area contributed by atoms with Crippen LogP contribution in [0.2, 0.25) is 0 Å². The molecule has 3 heterocycles. The number of aliphatic hydroxyl groups is 2. The fourth-order valence-electron chi connectivity index (χ4n) is 5.15. The number of hydrogen-bond acceptors (Lipinski definition) is 9. The van der Waals surface area contributed by atoms with Gasteiger partial charge in [0.2, 0.25) is 11.6 Å². The van der Waals surface area contributed by atoms with Crippen LogP contribution in [0.4, 0.5) is 5.82 Å². The molecule has 2 atom stereocenters. The summed E-state index contributed by atoms with van der Waals surface area (Å²) in [5.41, 5.74) is 1.07. The first kappa shape index (κ1) is 23.0. The molecule has 11 nitrogen and oxygen atoms in total. The second-order valence-electron chi connectivity index (χ2n) is 10.0. The summed E-state index contributed by atoms with van der Waals surface area (Å²) in [4.78, 5) is 27.9. The van der Waals surface area contributed by atoms with E-state index in [2.05, 4.69) is 43.8 Å². The minimum Gasteiger partial charge on any atom is -0.393 e. The zero-order valence-corrected chi connectivity index (χ0v) is 19.7. The summed E-state index contributed by atoms with van der Waals surface area (Å²) >= 11 is 0. The molecule has 11 heteroatoms. The fourth-order valence-corrected chi connectivity index (χ4v) is 5.15. The number of H-pyrrole nitrogens is 1. The minimum absolute atomic E-state index is 0.117. The molecule has 3 aromatic heterocycles. The summed E-state index contributed by atoms with van der Waals surface area (Å²) in [7, 11) is 0. The molecule has 5 rings (SSSR count). The first-order valence-electron chi connectivity index (χ1n) is 12.3. The number of fused-ring (bicyclic) bond motifs is 1. The van der Waals surface area contributed by atoms with Crippen molar-refractivity contribution in [3.63, 3.8) is 0 Å². The van der Waals surface area contributed by atoms with Gasteiger partial charge in [-0.2, -0.15) is 0 Å². The van der Waals surface area contributed by atoms with E-state index in [9.17, 15) is 15.0 Å². The molecule has 0 aliphatic heterocycles. The molecule has 2 aliphatic rings. The molecule has 0 amide bonds. The highest BCUT2D eigenvalue weighted by Crippen LogP contribution is 2.35. The van der Waals surface area contributed by atoms with Gasteiger partial charge in [-0.3, -0.25) is 9.51 Å². The summed E-state index contributed by atoms with van der Waals surface area (Å²) in [5.74, 6) is 2.29. The molecule has 3 aromatic rings. The molecule has 4 N–H and O–H groups in total. The summed E-state index contributed by atoms with van der Waals surface area (Å²) < 4.78 is 6.62. The lowest BCUT2D eigenvalue weighted by Crippen LogP contribution is -2.31. The lowest BCUT2D eigenvalue weighted by Gasteiger charge is -2.32. The van der Waals surface area contributed by atoms with E-state index in [1.54, 1.807) is 0 Å². The van der Waals surface area contributed by atoms with E-state index < -0.39 is 18.5 Å². The number of nitrogens with one attached hydrogen (secondary N) is 2. The molecule has 1 unspecified atom stereocenters. The molecule has 0 aromatic carbocycles. The van der Waals surface area contributed by atoms with Crippen LogP contribution in [0.25, 0.3) is 22.8 Å². The molecular weight excluding hydrogens is 438 g/mol. The summed E-state index contributed by atoms with van der Waals surface area (Å²) in [6, 6.07) is 0.182. The van der Waals surface area contributed by atoms with Crippen molar-refractivity contribution < 1.29 is 14.7 Å². The van der Waals surface area contributed by atoms with Crippen LogP contribution >= 0.6 is 0 Å². The Morgan fingerprint density at radius 3 is 2.56 bits per heavy atom. The monoisotopic (exact) mass is 471 g/mol. The third-order valence-corrected chi connectivity index (χ3v) is 7.55. The van der Waals surface area contributed by atoms with Crippen molar-refractivity contribution in [3.05, 3.63) is 16.4 Å². The number of nitrogens with zero attached hydrogens (tertiary/aromatic N) is 5. The molecular formula is C23H33N7O4. The van der Waals surface area contributed by atoms with Crippen LogP contribution in [0.15, 0.2) is 9.32 Å². The normalized spacial score (nSPS) is 23.1. The predicted octanol–water partition coefficient (Wildman–Crippen LogP) is 2.62. The van der Waals surface area contributed by atoms with Gasteiger partial charge in [0, 0.05) is 12.6 Å². The van der Waals surface area contributed by atoms with Gasteiger partial charge < -0.3 is 20.1 Å². The van der Waals surface area contributed by atoms with E-state index >= 15 is 0 Å². The van der Waals surface area contributed by atoms with Gasteiger partial charge >= 0.3 is 5.76 Å². The Hall–Kier alpha value is -2.79. The van der Waals surface area contributed by atoms with Gasteiger partial charge in [0.05, 0.1) is 6.61 Å². The van der Waals surface area contributed by atoms with E-state index in [4.69, 9.17) is 4.98 Å². The number of aliphatic hydroxyl groups excluding tert-OH is 2. The Bertz CT molecular complexity index is 1190. The molecule has 184 valence electrons. The molecule has 0 bridgehead atoms. The van der Waals surface area contributed by atoms with E-state index in [0.29, 0.717) is 41.2 Å². The first-order valence-corrected chi connectivity index (χ1v) is 12.3. The highest BCUT2D eigenvalue weighted by Gasteiger charge is 2.29. The summed E-state index contributed by atoms with van der Waals surface area (Å²) in [6.07, 6.45) is 7.00. The van der Waals surface area contributed by atoms with Crippen LogP contribution < -0.4 is 11.1 Å². The molecule has 2 aliphatic carbocycles. The van der Waals surface area contributed by atoms with Crippen LogP contribution in [0.1, 0.15) is 70.7 Å². The van der Waals surface area contributed by atoms with Crippen molar-refractivity contribution in [1.82, 2.24) is 29.7 Å². The highest BCUT2D eigenvalue weighted by atomic mass is 16.5.